The monoisotopic (exact) mass is 196 g/mol. The van der Waals surface area contributed by atoms with Crippen LogP contribution < -0.4 is 0 Å². The van der Waals surface area contributed by atoms with Crippen LogP contribution in [0.5, 0.6) is 0 Å². The van der Waals surface area contributed by atoms with Gasteiger partial charge in [-0.15, -0.1) is 0 Å². The van der Waals surface area contributed by atoms with E-state index in [0.29, 0.717) is 0 Å². The summed E-state index contributed by atoms with van der Waals surface area (Å²) in [5, 5.41) is 0. The van der Waals surface area contributed by atoms with E-state index in [4.69, 9.17) is 9.47 Å². The maximum Gasteiger partial charge on any atom is 0.156 e. The van der Waals surface area contributed by atoms with E-state index >= 15 is 0 Å². The summed E-state index contributed by atoms with van der Waals surface area (Å²) in [7, 11) is 3.15. The molecule has 1 aliphatic rings. The topological polar surface area (TPSA) is 35.5 Å². The van der Waals surface area contributed by atoms with Crippen LogP contribution >= 0.6 is 0 Å². The number of hydrogen-bond donors (Lipinski definition) is 0. The van der Waals surface area contributed by atoms with Crippen LogP contribution in [0.25, 0.3) is 0 Å². The van der Waals surface area contributed by atoms with Gasteiger partial charge in [0.1, 0.15) is 5.76 Å². The van der Waals surface area contributed by atoms with Gasteiger partial charge in [0.2, 0.25) is 0 Å². The third-order valence-corrected chi connectivity index (χ3v) is 2.69. The van der Waals surface area contributed by atoms with Gasteiger partial charge in [0.15, 0.2) is 11.9 Å². The van der Waals surface area contributed by atoms with E-state index in [1.165, 1.54) is 0 Å². The molecule has 1 rings (SSSR count). The highest BCUT2D eigenvalue weighted by Gasteiger charge is 2.40. The van der Waals surface area contributed by atoms with Crippen LogP contribution in [0.3, 0.4) is 0 Å². The molecule has 0 radical (unpaired) electrons. The number of aldehydes is 1. The van der Waals surface area contributed by atoms with Crippen molar-refractivity contribution < 1.29 is 14.3 Å². The van der Waals surface area contributed by atoms with E-state index in [9.17, 15) is 4.79 Å². The van der Waals surface area contributed by atoms with E-state index in [1.54, 1.807) is 26.4 Å². The van der Waals surface area contributed by atoms with Crippen molar-refractivity contribution in [3.05, 3.63) is 24.0 Å². The van der Waals surface area contributed by atoms with Gasteiger partial charge >= 0.3 is 0 Å². The molecule has 14 heavy (non-hydrogen) atoms. The second kappa shape index (κ2) is 4.42. The molecule has 0 bridgehead atoms. The van der Waals surface area contributed by atoms with E-state index < -0.39 is 5.60 Å². The van der Waals surface area contributed by atoms with Crippen molar-refractivity contribution in [2.75, 3.05) is 14.2 Å². The maximum atomic E-state index is 11.1. The van der Waals surface area contributed by atoms with Gasteiger partial charge in [0.05, 0.1) is 13.0 Å². The van der Waals surface area contributed by atoms with Crippen LogP contribution in [-0.2, 0) is 14.3 Å². The molecule has 0 fully saturated rings. The quantitative estimate of drug-likeness (QED) is 0.642. The molecule has 0 saturated carbocycles. The van der Waals surface area contributed by atoms with Crippen molar-refractivity contribution in [3.8, 4) is 0 Å². The van der Waals surface area contributed by atoms with Crippen molar-refractivity contribution in [2.45, 2.75) is 18.9 Å². The summed E-state index contributed by atoms with van der Waals surface area (Å²) in [6.45, 7) is 2.01. The average Bonchev–Trinajstić information content (AvgIpc) is 2.27. The Bertz CT molecular complexity index is 268. The van der Waals surface area contributed by atoms with Crippen molar-refractivity contribution in [3.63, 3.8) is 0 Å². The molecule has 0 aromatic heterocycles. The molecule has 0 aromatic rings. The van der Waals surface area contributed by atoms with Crippen molar-refractivity contribution in [2.24, 2.45) is 5.92 Å². The second-order valence-corrected chi connectivity index (χ2v) is 3.27. The smallest absolute Gasteiger partial charge is 0.156 e. The minimum absolute atomic E-state index is 0.0278. The summed E-state index contributed by atoms with van der Waals surface area (Å²) in [6.07, 6.45) is 7.08. The SMILES string of the molecule is CCC1C(OC)=CC=CC1(C=O)OC. The standard InChI is InChI=1S/C11H16O3/c1-4-9-10(13-2)6-5-7-11(9,8-12)14-3/h5-9H,4H2,1-3H3. The van der Waals surface area contributed by atoms with Gasteiger partial charge in [-0.2, -0.15) is 0 Å². The van der Waals surface area contributed by atoms with E-state index in [0.717, 1.165) is 18.5 Å². The first-order valence-electron chi connectivity index (χ1n) is 4.69. The zero-order valence-electron chi connectivity index (χ0n) is 8.82. The molecule has 0 aromatic carbocycles. The Labute approximate surface area is 84.4 Å². The summed E-state index contributed by atoms with van der Waals surface area (Å²) < 4.78 is 10.5. The molecule has 3 nitrogen and oxygen atoms in total. The minimum atomic E-state index is -0.852. The fraction of sp³-hybridized carbons (Fsp3) is 0.545. The molecule has 0 N–H and O–H groups in total. The summed E-state index contributed by atoms with van der Waals surface area (Å²) in [6, 6.07) is 0. The molecular formula is C11H16O3. The normalized spacial score (nSPS) is 31.1. The molecule has 0 aliphatic heterocycles. The molecule has 3 heteroatoms. The molecule has 0 amide bonds. The van der Waals surface area contributed by atoms with Gasteiger partial charge in [-0.3, -0.25) is 4.79 Å². The van der Waals surface area contributed by atoms with Crippen LogP contribution in [0.15, 0.2) is 24.0 Å². The lowest BCUT2D eigenvalue weighted by Gasteiger charge is -2.34. The predicted molar refractivity (Wildman–Crippen MR) is 53.8 cm³/mol. The summed E-state index contributed by atoms with van der Waals surface area (Å²) in [5.41, 5.74) is -0.852. The number of hydrogen-bond acceptors (Lipinski definition) is 3. The Morgan fingerprint density at radius 3 is 2.71 bits per heavy atom. The first-order chi connectivity index (χ1) is 6.74. The average molecular weight is 196 g/mol. The van der Waals surface area contributed by atoms with Crippen LogP contribution in [0.1, 0.15) is 13.3 Å². The third-order valence-electron chi connectivity index (χ3n) is 2.69. The van der Waals surface area contributed by atoms with Gasteiger partial charge < -0.3 is 9.47 Å². The fourth-order valence-corrected chi connectivity index (χ4v) is 1.86. The van der Waals surface area contributed by atoms with Gasteiger partial charge in [0, 0.05) is 7.11 Å². The number of allylic oxidation sites excluding steroid dienone is 2. The Morgan fingerprint density at radius 2 is 2.29 bits per heavy atom. The zero-order valence-corrected chi connectivity index (χ0v) is 8.82. The number of carbonyl (C=O) groups is 1. The molecular weight excluding hydrogens is 180 g/mol. The molecule has 2 atom stereocenters. The first-order valence-corrected chi connectivity index (χ1v) is 4.69. The highest BCUT2D eigenvalue weighted by Crippen LogP contribution is 2.34. The molecule has 0 heterocycles. The van der Waals surface area contributed by atoms with Crippen molar-refractivity contribution in [1.82, 2.24) is 0 Å². The maximum absolute atomic E-state index is 11.1. The summed E-state index contributed by atoms with van der Waals surface area (Å²) >= 11 is 0. The lowest BCUT2D eigenvalue weighted by atomic mass is 9.81. The van der Waals surface area contributed by atoms with Crippen LogP contribution in [-0.4, -0.2) is 26.1 Å². The lowest BCUT2D eigenvalue weighted by molar-refractivity contribution is -0.128. The predicted octanol–water partition coefficient (Wildman–Crippen LogP) is 1.70. The Hall–Kier alpha value is -1.09. The molecule has 1 aliphatic carbocycles. The van der Waals surface area contributed by atoms with Crippen LogP contribution in [0.2, 0.25) is 0 Å². The van der Waals surface area contributed by atoms with Crippen molar-refractivity contribution in [1.29, 1.82) is 0 Å². The minimum Gasteiger partial charge on any atom is -0.501 e. The Morgan fingerprint density at radius 1 is 1.57 bits per heavy atom. The summed E-state index contributed by atoms with van der Waals surface area (Å²) in [5.74, 6) is 0.768. The lowest BCUT2D eigenvalue weighted by Crippen LogP contribution is -2.42. The molecule has 2 unspecified atom stereocenters. The number of carbonyl (C=O) groups excluding carboxylic acids is 1. The van der Waals surface area contributed by atoms with Crippen LogP contribution in [0, 0.1) is 5.92 Å². The van der Waals surface area contributed by atoms with Gasteiger partial charge in [0.25, 0.3) is 0 Å². The second-order valence-electron chi connectivity index (χ2n) is 3.27. The fourth-order valence-electron chi connectivity index (χ4n) is 1.86. The van der Waals surface area contributed by atoms with Crippen molar-refractivity contribution >= 4 is 6.29 Å². The van der Waals surface area contributed by atoms with Gasteiger partial charge in [-0.25, -0.2) is 0 Å². The highest BCUT2D eigenvalue weighted by molar-refractivity contribution is 5.69. The van der Waals surface area contributed by atoms with E-state index in [1.807, 2.05) is 13.0 Å². The molecule has 0 saturated heterocycles. The van der Waals surface area contributed by atoms with Crippen LogP contribution in [0.4, 0.5) is 0 Å². The largest absolute Gasteiger partial charge is 0.501 e. The highest BCUT2D eigenvalue weighted by atomic mass is 16.5. The third kappa shape index (κ3) is 1.60. The van der Waals surface area contributed by atoms with Gasteiger partial charge in [-0.05, 0) is 18.6 Å². The zero-order chi connectivity index (χ0) is 10.6. The first kappa shape index (κ1) is 11.0. The Kier molecular flexibility index (Phi) is 3.47. The van der Waals surface area contributed by atoms with E-state index in [2.05, 4.69) is 0 Å². The molecule has 0 spiro atoms. The van der Waals surface area contributed by atoms with Gasteiger partial charge in [-0.1, -0.05) is 13.0 Å². The summed E-state index contributed by atoms with van der Waals surface area (Å²) in [4.78, 5) is 11.1. The van der Waals surface area contributed by atoms with E-state index in [-0.39, 0.29) is 5.92 Å². The number of methoxy groups -OCH3 is 2. The molecule has 78 valence electrons. The number of ether oxygens (including phenoxy) is 2. The Balaban J connectivity index is 3.04. The number of rotatable bonds is 4.